The zero-order chi connectivity index (χ0) is 15.4. The van der Waals surface area contributed by atoms with Crippen molar-refractivity contribution in [3.05, 3.63) is 23.8 Å². The Morgan fingerprint density at radius 3 is 2.43 bits per heavy atom. The highest BCUT2D eigenvalue weighted by Crippen LogP contribution is 2.42. The van der Waals surface area contributed by atoms with Crippen LogP contribution in [0.15, 0.2) is 23.1 Å². The number of rotatable bonds is 2. The third-order valence-corrected chi connectivity index (χ3v) is 5.28. The van der Waals surface area contributed by atoms with Crippen molar-refractivity contribution in [1.29, 1.82) is 0 Å². The van der Waals surface area contributed by atoms with Crippen LogP contribution in [0, 0.1) is 5.92 Å². The highest BCUT2D eigenvalue weighted by atomic mass is 32.2. The van der Waals surface area contributed by atoms with E-state index in [1.807, 2.05) is 4.90 Å². The first-order valence-electron chi connectivity index (χ1n) is 6.67. The first kappa shape index (κ1) is 14.6. The van der Waals surface area contributed by atoms with Gasteiger partial charge >= 0.3 is 6.18 Å². The van der Waals surface area contributed by atoms with E-state index in [-0.39, 0.29) is 6.04 Å². The van der Waals surface area contributed by atoms with Gasteiger partial charge in [0.05, 0.1) is 10.5 Å². The molecule has 4 nitrogen and oxygen atoms in total. The summed E-state index contributed by atoms with van der Waals surface area (Å²) in [6, 6.07) is 3.53. The third kappa shape index (κ3) is 2.62. The summed E-state index contributed by atoms with van der Waals surface area (Å²) in [5, 5.41) is 4.88. The van der Waals surface area contributed by atoms with Crippen LogP contribution < -0.4 is 10.0 Å². The Balaban J connectivity index is 2.05. The van der Waals surface area contributed by atoms with Gasteiger partial charge in [-0.3, -0.25) is 0 Å². The zero-order valence-corrected chi connectivity index (χ0v) is 11.9. The second-order valence-electron chi connectivity index (χ2n) is 5.71. The number of hydrogen-bond donors (Lipinski definition) is 1. The molecule has 1 aromatic rings. The Hall–Kier alpha value is -1.28. The Kier molecular flexibility index (Phi) is 3.21. The van der Waals surface area contributed by atoms with Gasteiger partial charge < -0.3 is 4.90 Å². The van der Waals surface area contributed by atoms with E-state index in [2.05, 4.69) is 0 Å². The molecule has 2 fully saturated rings. The van der Waals surface area contributed by atoms with E-state index in [9.17, 15) is 21.6 Å². The summed E-state index contributed by atoms with van der Waals surface area (Å²) >= 11 is 0. The number of nitrogens with zero attached hydrogens (tertiary/aromatic N) is 1. The van der Waals surface area contributed by atoms with Crippen molar-refractivity contribution in [3.8, 4) is 0 Å². The molecule has 2 aliphatic rings. The number of hydrogen-bond acceptors (Lipinski definition) is 3. The van der Waals surface area contributed by atoms with Gasteiger partial charge in [-0.1, -0.05) is 0 Å². The second-order valence-corrected chi connectivity index (χ2v) is 7.24. The molecule has 0 unspecified atom stereocenters. The normalized spacial score (nSPS) is 25.6. The number of anilines is 1. The minimum absolute atomic E-state index is 0.261. The minimum Gasteiger partial charge on any atom is -0.368 e. The van der Waals surface area contributed by atoms with Crippen LogP contribution in [0.1, 0.15) is 24.8 Å². The number of alkyl halides is 3. The lowest BCUT2D eigenvalue weighted by atomic mass is 10.1. The van der Waals surface area contributed by atoms with Crippen molar-refractivity contribution in [3.63, 3.8) is 0 Å². The number of benzene rings is 1. The minimum atomic E-state index is -4.75. The molecule has 2 bridgehead atoms. The maximum absolute atomic E-state index is 13.1. The molecule has 21 heavy (non-hydrogen) atoms. The summed E-state index contributed by atoms with van der Waals surface area (Å²) < 4.78 is 61.9. The molecular weight excluding hydrogens is 305 g/mol. The fourth-order valence-corrected chi connectivity index (χ4v) is 4.15. The van der Waals surface area contributed by atoms with Gasteiger partial charge in [0.1, 0.15) is 0 Å². The number of halogens is 3. The fraction of sp³-hybridized carbons (Fsp3) is 0.538. The van der Waals surface area contributed by atoms with Crippen LogP contribution in [0.2, 0.25) is 0 Å². The van der Waals surface area contributed by atoms with Gasteiger partial charge in [-0.25, -0.2) is 13.6 Å². The summed E-state index contributed by atoms with van der Waals surface area (Å²) in [7, 11) is -4.41. The quantitative estimate of drug-likeness (QED) is 0.910. The van der Waals surface area contributed by atoms with Gasteiger partial charge in [-0.05, 0) is 43.4 Å². The maximum Gasteiger partial charge on any atom is 0.417 e. The summed E-state index contributed by atoms with van der Waals surface area (Å²) in [4.78, 5) is 1.07. The number of sulfonamides is 1. The molecule has 116 valence electrons. The molecule has 1 saturated heterocycles. The van der Waals surface area contributed by atoms with Crippen LogP contribution in [-0.2, 0) is 16.2 Å². The molecule has 2 N–H and O–H groups in total. The number of nitrogens with two attached hydrogens (primary N) is 1. The molecule has 0 spiro atoms. The molecule has 0 amide bonds. The molecule has 8 heteroatoms. The lowest BCUT2D eigenvalue weighted by Gasteiger charge is -2.30. The van der Waals surface area contributed by atoms with E-state index < -0.39 is 26.7 Å². The van der Waals surface area contributed by atoms with Crippen LogP contribution in [-0.4, -0.2) is 21.0 Å². The average molecular weight is 320 g/mol. The van der Waals surface area contributed by atoms with Crippen LogP contribution in [0.25, 0.3) is 0 Å². The molecule has 3 rings (SSSR count). The number of fused-ring (bicyclic) bond motifs is 2. The van der Waals surface area contributed by atoms with Crippen LogP contribution in [0.5, 0.6) is 0 Å². The van der Waals surface area contributed by atoms with Gasteiger partial charge in [0.25, 0.3) is 0 Å². The second kappa shape index (κ2) is 4.61. The molecule has 1 aliphatic heterocycles. The molecule has 1 aromatic carbocycles. The van der Waals surface area contributed by atoms with Crippen molar-refractivity contribution in [2.45, 2.75) is 36.4 Å². The molecule has 0 aromatic heterocycles. The van der Waals surface area contributed by atoms with Crippen molar-refractivity contribution in [2.75, 3.05) is 11.4 Å². The highest BCUT2D eigenvalue weighted by Gasteiger charge is 2.40. The first-order valence-corrected chi connectivity index (χ1v) is 8.21. The molecule has 2 atom stereocenters. The molecular formula is C13H15F3N2O2S. The SMILES string of the molecule is NS(=O)(=O)c1ccc(N2C[C@H]3CC[C@H]2C3)cc1C(F)(F)F. The van der Waals surface area contributed by atoms with E-state index in [1.54, 1.807) is 0 Å². The Labute approximate surface area is 120 Å². The van der Waals surface area contributed by atoms with Crippen molar-refractivity contribution >= 4 is 15.7 Å². The summed E-state index contributed by atoms with van der Waals surface area (Å²) in [6.07, 6.45) is -1.67. The fourth-order valence-electron chi connectivity index (χ4n) is 3.41. The van der Waals surface area contributed by atoms with E-state index in [4.69, 9.17) is 5.14 Å². The Morgan fingerprint density at radius 1 is 1.24 bits per heavy atom. The Morgan fingerprint density at radius 2 is 1.95 bits per heavy atom. The van der Waals surface area contributed by atoms with Crippen molar-refractivity contribution in [1.82, 2.24) is 0 Å². The zero-order valence-electron chi connectivity index (χ0n) is 11.1. The summed E-state index contributed by atoms with van der Waals surface area (Å²) in [5.74, 6) is 0.530. The standard InChI is InChI=1S/C13H15F3N2O2S/c14-13(15,16)11-6-10(3-4-12(11)21(17,19)20)18-7-8-1-2-9(18)5-8/h3-4,6,8-9H,1-2,5,7H2,(H2,17,19,20)/t8-,9-/m0/s1. The predicted octanol–water partition coefficient (Wildman–Crippen LogP) is 2.34. The molecule has 1 heterocycles. The van der Waals surface area contributed by atoms with E-state index >= 15 is 0 Å². The first-order chi connectivity index (χ1) is 9.66. The van der Waals surface area contributed by atoms with E-state index in [1.165, 1.54) is 6.07 Å². The van der Waals surface area contributed by atoms with E-state index in [0.717, 1.165) is 37.9 Å². The lowest BCUT2D eigenvalue weighted by Crippen LogP contribution is -2.32. The largest absolute Gasteiger partial charge is 0.417 e. The van der Waals surface area contributed by atoms with E-state index in [0.29, 0.717) is 11.6 Å². The smallest absolute Gasteiger partial charge is 0.368 e. The van der Waals surface area contributed by atoms with Gasteiger partial charge in [-0.15, -0.1) is 0 Å². The van der Waals surface area contributed by atoms with Gasteiger partial charge in [0.15, 0.2) is 0 Å². The summed E-state index contributed by atoms with van der Waals surface area (Å²) in [6.45, 7) is 0.733. The Bertz CT molecular complexity index is 672. The monoisotopic (exact) mass is 320 g/mol. The lowest BCUT2D eigenvalue weighted by molar-refractivity contribution is -0.139. The molecule has 1 aliphatic carbocycles. The van der Waals surface area contributed by atoms with Gasteiger partial charge in [0, 0.05) is 18.3 Å². The summed E-state index contributed by atoms with van der Waals surface area (Å²) in [5.41, 5.74) is -0.771. The van der Waals surface area contributed by atoms with Crippen LogP contribution in [0.3, 0.4) is 0 Å². The number of primary sulfonamides is 1. The average Bonchev–Trinajstić information content (AvgIpc) is 2.98. The van der Waals surface area contributed by atoms with Crippen LogP contribution >= 0.6 is 0 Å². The predicted molar refractivity (Wildman–Crippen MR) is 71.3 cm³/mol. The highest BCUT2D eigenvalue weighted by molar-refractivity contribution is 7.89. The van der Waals surface area contributed by atoms with Crippen molar-refractivity contribution < 1.29 is 21.6 Å². The molecule has 0 radical (unpaired) electrons. The maximum atomic E-state index is 13.1. The number of piperidine rings is 1. The van der Waals surface area contributed by atoms with Crippen molar-refractivity contribution in [2.24, 2.45) is 11.1 Å². The molecule has 1 saturated carbocycles. The topological polar surface area (TPSA) is 63.4 Å². The third-order valence-electron chi connectivity index (χ3n) is 4.32. The van der Waals surface area contributed by atoms with Gasteiger partial charge in [0.2, 0.25) is 10.0 Å². The van der Waals surface area contributed by atoms with Crippen LogP contribution in [0.4, 0.5) is 18.9 Å². The van der Waals surface area contributed by atoms with Gasteiger partial charge in [-0.2, -0.15) is 13.2 Å².